The summed E-state index contributed by atoms with van der Waals surface area (Å²) in [4.78, 5) is 29.6. The maximum absolute atomic E-state index is 15.3. The molecular formula is C27H38FN5O4Si-. The molecule has 1 unspecified atom stereocenters. The summed E-state index contributed by atoms with van der Waals surface area (Å²) in [5, 5.41) is 4.24. The topological polar surface area (TPSA) is 89.4 Å². The van der Waals surface area contributed by atoms with E-state index in [0.717, 1.165) is 5.71 Å². The van der Waals surface area contributed by atoms with Crippen LogP contribution in [0.15, 0.2) is 35.7 Å². The van der Waals surface area contributed by atoms with Crippen molar-refractivity contribution in [3.63, 3.8) is 0 Å². The summed E-state index contributed by atoms with van der Waals surface area (Å²) in [5.74, 6) is 0.293. The standard InChI is InChI=1S/C27H38FN5O4Si/c1-19(34)32-10-11-35-23(16-32)18-36-31-22-14-33(15-22)26-29-12-21(13-30-26)24-9-7-8-20(25(24)28)17-37-38(5,6)27(2,3)4/h7-9,12-13,23H,10-11,14-18H2,1-6H3/q-1. The number of rotatable bonds is 8. The summed E-state index contributed by atoms with van der Waals surface area (Å²) in [6.07, 6.45) is 3.11. The van der Waals surface area contributed by atoms with Crippen molar-refractivity contribution in [2.45, 2.75) is 58.5 Å². The smallest absolute Gasteiger partial charge is 0.225 e. The van der Waals surface area contributed by atoms with E-state index in [2.05, 4.69) is 49.0 Å². The fraction of sp³-hybridized carbons (Fsp3) is 0.556. The third-order valence-corrected chi connectivity index (χ3v) is 12.0. The molecule has 2 aromatic rings. The first-order valence-corrected chi connectivity index (χ1v) is 15.9. The van der Waals surface area contributed by atoms with Gasteiger partial charge in [-0.2, -0.15) is 0 Å². The third-order valence-electron chi connectivity index (χ3n) is 7.49. The Hall–Kier alpha value is -2.89. The molecule has 9 nitrogen and oxygen atoms in total. The molecule has 1 aromatic carbocycles. The first-order valence-electron chi connectivity index (χ1n) is 13.0. The summed E-state index contributed by atoms with van der Waals surface area (Å²) in [5.41, 5.74) is 2.48. The van der Waals surface area contributed by atoms with Crippen molar-refractivity contribution in [1.82, 2.24) is 14.9 Å². The molecule has 0 N–H and O–H groups in total. The number of ether oxygens (including phenoxy) is 1. The largest absolute Gasteiger partial charge is 0.561 e. The fourth-order valence-corrected chi connectivity index (χ4v) is 4.87. The van der Waals surface area contributed by atoms with Gasteiger partial charge in [0.1, 0.15) is 18.5 Å². The van der Waals surface area contributed by atoms with Crippen LogP contribution in [-0.4, -0.2) is 80.3 Å². The van der Waals surface area contributed by atoms with Gasteiger partial charge in [0, 0.05) is 49.2 Å². The van der Waals surface area contributed by atoms with Crippen molar-refractivity contribution >= 4 is 25.9 Å². The first-order chi connectivity index (χ1) is 17.9. The van der Waals surface area contributed by atoms with Gasteiger partial charge in [-0.15, -0.1) is 18.1 Å². The molecule has 0 aliphatic carbocycles. The number of benzene rings is 1. The molecular weight excluding hydrogens is 505 g/mol. The van der Waals surface area contributed by atoms with Gasteiger partial charge in [0.25, 0.3) is 0 Å². The second-order valence-electron chi connectivity index (χ2n) is 11.4. The van der Waals surface area contributed by atoms with Gasteiger partial charge in [0.05, 0.1) is 32.0 Å². The van der Waals surface area contributed by atoms with Crippen LogP contribution in [0.3, 0.4) is 0 Å². The average molecular weight is 544 g/mol. The van der Waals surface area contributed by atoms with Crippen LogP contribution in [0.25, 0.3) is 11.1 Å². The highest BCUT2D eigenvalue weighted by atomic mass is 28.4. The predicted molar refractivity (Wildman–Crippen MR) is 147 cm³/mol. The Morgan fingerprint density at radius 2 is 1.95 bits per heavy atom. The number of morpholine rings is 1. The molecule has 0 radical (unpaired) electrons. The minimum Gasteiger partial charge on any atom is -0.561 e. The van der Waals surface area contributed by atoms with Gasteiger partial charge >= 0.3 is 0 Å². The Kier molecular flexibility index (Phi) is 8.48. The number of carbonyl (C=O) groups is 1. The number of anilines is 1. The lowest BCUT2D eigenvalue weighted by Crippen LogP contribution is -2.49. The second kappa shape index (κ2) is 11.5. The van der Waals surface area contributed by atoms with Crippen LogP contribution in [0.4, 0.5) is 10.3 Å². The Bertz CT molecular complexity index is 1160. The van der Waals surface area contributed by atoms with Crippen LogP contribution in [0, 0.1) is 5.82 Å². The molecule has 1 atom stereocenters. The van der Waals surface area contributed by atoms with Crippen molar-refractivity contribution in [2.75, 3.05) is 44.3 Å². The minimum absolute atomic E-state index is 0.0383. The summed E-state index contributed by atoms with van der Waals surface area (Å²) in [6, 6.07) is 5.34. The second-order valence-corrected chi connectivity index (χ2v) is 16.2. The predicted octanol–water partition coefficient (Wildman–Crippen LogP) is 4.24. The maximum atomic E-state index is 15.3. The Morgan fingerprint density at radius 3 is 2.61 bits per heavy atom. The first kappa shape index (κ1) is 28.1. The normalized spacial score (nSPS) is 18.3. The highest BCUT2D eigenvalue weighted by molar-refractivity contribution is 6.74. The highest BCUT2D eigenvalue weighted by Gasteiger charge is 2.27. The zero-order chi connectivity index (χ0) is 27.5. The average Bonchev–Trinajstić information content (AvgIpc) is 2.84. The van der Waals surface area contributed by atoms with E-state index >= 15 is 4.39 Å². The lowest BCUT2D eigenvalue weighted by atomic mass is 10.1. The van der Waals surface area contributed by atoms with Gasteiger partial charge in [-0.1, -0.05) is 44.1 Å². The number of amides is 1. The molecule has 1 aromatic heterocycles. The lowest BCUT2D eigenvalue weighted by molar-refractivity contribution is -0.139. The number of hydrogen-bond donors (Lipinski definition) is 0. The number of halogens is 1. The SMILES string of the molecule is CC(=O)N1CCOC(CON=C2CN(c3ncc(-c4cccc(CO[Si-](C)(C)C(C)(C)C)c4F)cn3)C2)C1. The summed E-state index contributed by atoms with van der Waals surface area (Å²) >= 11 is 0. The molecule has 2 fully saturated rings. The van der Waals surface area contributed by atoms with Gasteiger partial charge in [-0.25, -0.2) is 14.4 Å². The van der Waals surface area contributed by atoms with Crippen molar-refractivity contribution in [2.24, 2.45) is 5.16 Å². The molecule has 2 aliphatic heterocycles. The van der Waals surface area contributed by atoms with E-state index in [1.165, 1.54) is 0 Å². The number of aromatic nitrogens is 2. The third kappa shape index (κ3) is 6.56. The molecule has 2 saturated heterocycles. The number of carbonyl (C=O) groups excluding carboxylic acids is 1. The molecule has 3 heterocycles. The number of oxime groups is 1. The fourth-order valence-electron chi connectivity index (χ4n) is 3.92. The molecule has 207 valence electrons. The van der Waals surface area contributed by atoms with Crippen LogP contribution in [0.5, 0.6) is 0 Å². The van der Waals surface area contributed by atoms with E-state index < -0.39 is 8.32 Å². The number of hydrogen-bond acceptors (Lipinski definition) is 8. The van der Waals surface area contributed by atoms with E-state index in [1.54, 1.807) is 36.4 Å². The quantitative estimate of drug-likeness (QED) is 0.363. The van der Waals surface area contributed by atoms with E-state index in [9.17, 15) is 4.79 Å². The molecule has 1 amide bonds. The van der Waals surface area contributed by atoms with Gasteiger partial charge < -0.3 is 23.8 Å². The van der Waals surface area contributed by atoms with Crippen LogP contribution >= 0.6 is 0 Å². The maximum Gasteiger partial charge on any atom is 0.225 e. The zero-order valence-corrected chi connectivity index (χ0v) is 24.2. The minimum atomic E-state index is -1.99. The van der Waals surface area contributed by atoms with E-state index in [-0.39, 0.29) is 29.5 Å². The van der Waals surface area contributed by atoms with Crippen LogP contribution in [0.1, 0.15) is 33.3 Å². The molecule has 2 aliphatic rings. The van der Waals surface area contributed by atoms with Gasteiger partial charge in [-0.05, 0) is 8.32 Å². The molecule has 0 bridgehead atoms. The van der Waals surface area contributed by atoms with Gasteiger partial charge in [0.2, 0.25) is 11.9 Å². The van der Waals surface area contributed by atoms with E-state index in [4.69, 9.17) is 14.0 Å². The van der Waals surface area contributed by atoms with Crippen molar-refractivity contribution in [3.8, 4) is 11.1 Å². The lowest BCUT2D eigenvalue weighted by Gasteiger charge is -2.48. The molecule has 0 saturated carbocycles. The Morgan fingerprint density at radius 1 is 1.24 bits per heavy atom. The van der Waals surface area contributed by atoms with Gasteiger partial charge in [-0.3, -0.25) is 4.79 Å². The van der Waals surface area contributed by atoms with Crippen molar-refractivity contribution < 1.29 is 23.2 Å². The Balaban J connectivity index is 1.30. The van der Waals surface area contributed by atoms with Crippen LogP contribution in [-0.2, 0) is 25.4 Å². The summed E-state index contributed by atoms with van der Waals surface area (Å²) in [6.45, 7) is 15.7. The van der Waals surface area contributed by atoms with Crippen molar-refractivity contribution in [3.05, 3.63) is 42.0 Å². The monoisotopic (exact) mass is 543 g/mol. The number of nitrogens with zero attached hydrogens (tertiary/aromatic N) is 5. The molecule has 11 heteroatoms. The van der Waals surface area contributed by atoms with Gasteiger partial charge in [0.15, 0.2) is 0 Å². The summed E-state index contributed by atoms with van der Waals surface area (Å²) in [7, 11) is -1.99. The molecule has 38 heavy (non-hydrogen) atoms. The highest BCUT2D eigenvalue weighted by Crippen LogP contribution is 2.37. The van der Waals surface area contributed by atoms with E-state index in [1.807, 2.05) is 11.0 Å². The zero-order valence-electron chi connectivity index (χ0n) is 23.2. The van der Waals surface area contributed by atoms with E-state index in [0.29, 0.717) is 62.0 Å². The Labute approximate surface area is 225 Å². The molecule has 0 spiro atoms. The van der Waals surface area contributed by atoms with Crippen LogP contribution in [0.2, 0.25) is 18.1 Å². The summed E-state index contributed by atoms with van der Waals surface area (Å²) < 4.78 is 27.2. The van der Waals surface area contributed by atoms with Crippen molar-refractivity contribution in [1.29, 1.82) is 0 Å². The van der Waals surface area contributed by atoms with Crippen LogP contribution < -0.4 is 4.90 Å². The molecule has 4 rings (SSSR count).